The van der Waals surface area contributed by atoms with Gasteiger partial charge in [-0.3, -0.25) is 0 Å². The summed E-state index contributed by atoms with van der Waals surface area (Å²) < 4.78 is 31.4. The third kappa shape index (κ3) is 2.88. The molecule has 3 nitrogen and oxygen atoms in total. The van der Waals surface area contributed by atoms with Crippen LogP contribution in [0.4, 0.5) is 8.78 Å². The molecule has 0 fully saturated rings. The molecular weight excluding hydrogens is 254 g/mol. The summed E-state index contributed by atoms with van der Waals surface area (Å²) >= 11 is 0. The predicted molar refractivity (Wildman–Crippen MR) is 64.6 cm³/mol. The van der Waals surface area contributed by atoms with Gasteiger partial charge in [0.1, 0.15) is 17.1 Å². The van der Waals surface area contributed by atoms with Crippen LogP contribution in [0.15, 0.2) is 36.4 Å². The molecular formula is C14H10F2O3. The van der Waals surface area contributed by atoms with E-state index >= 15 is 0 Å². The molecule has 2 rings (SSSR count). The molecule has 0 aliphatic rings. The monoisotopic (exact) mass is 264 g/mol. The maximum absolute atomic E-state index is 13.4. The van der Waals surface area contributed by atoms with Crippen molar-refractivity contribution >= 4 is 5.97 Å². The fourth-order valence-electron chi connectivity index (χ4n) is 1.58. The number of hydrogen-bond acceptors (Lipinski definition) is 2. The van der Waals surface area contributed by atoms with Crippen molar-refractivity contribution in [3.8, 4) is 11.5 Å². The van der Waals surface area contributed by atoms with Gasteiger partial charge in [-0.15, -0.1) is 0 Å². The van der Waals surface area contributed by atoms with Crippen molar-refractivity contribution in [1.82, 2.24) is 0 Å². The summed E-state index contributed by atoms with van der Waals surface area (Å²) in [5, 5.41) is 9.05. The second kappa shape index (κ2) is 5.06. The zero-order valence-electron chi connectivity index (χ0n) is 9.98. The molecule has 19 heavy (non-hydrogen) atoms. The lowest BCUT2D eigenvalue weighted by atomic mass is 10.1. The molecule has 0 amide bonds. The lowest BCUT2D eigenvalue weighted by molar-refractivity contribution is 0.0694. The number of hydrogen-bond donors (Lipinski definition) is 1. The van der Waals surface area contributed by atoms with Gasteiger partial charge in [0.15, 0.2) is 11.6 Å². The molecule has 98 valence electrons. The fourth-order valence-corrected chi connectivity index (χ4v) is 1.58. The molecule has 0 aromatic heterocycles. The highest BCUT2D eigenvalue weighted by Gasteiger charge is 2.14. The number of ether oxygens (including phenoxy) is 1. The Kier molecular flexibility index (Phi) is 3.46. The van der Waals surface area contributed by atoms with Crippen molar-refractivity contribution in [3.63, 3.8) is 0 Å². The van der Waals surface area contributed by atoms with Crippen LogP contribution < -0.4 is 4.74 Å². The van der Waals surface area contributed by atoms with Gasteiger partial charge in [0.25, 0.3) is 0 Å². The maximum atomic E-state index is 13.4. The number of carboxylic acid groups (broad SMARTS) is 1. The Hall–Kier alpha value is -2.43. The van der Waals surface area contributed by atoms with Crippen molar-refractivity contribution < 1.29 is 23.4 Å². The van der Waals surface area contributed by atoms with Crippen LogP contribution in [0.2, 0.25) is 0 Å². The number of halogens is 2. The van der Waals surface area contributed by atoms with E-state index < -0.39 is 17.6 Å². The van der Waals surface area contributed by atoms with E-state index in [0.717, 1.165) is 17.7 Å². The van der Waals surface area contributed by atoms with Crippen LogP contribution in [0.1, 0.15) is 15.9 Å². The van der Waals surface area contributed by atoms with E-state index in [4.69, 9.17) is 9.84 Å². The summed E-state index contributed by atoms with van der Waals surface area (Å²) in [5.74, 6) is -3.03. The normalized spacial score (nSPS) is 10.3. The second-order valence-electron chi connectivity index (χ2n) is 3.98. The highest BCUT2D eigenvalue weighted by Crippen LogP contribution is 2.28. The molecule has 0 saturated carbocycles. The fraction of sp³-hybridized carbons (Fsp3) is 0.0714. The third-order valence-corrected chi connectivity index (χ3v) is 2.48. The third-order valence-electron chi connectivity index (χ3n) is 2.48. The van der Waals surface area contributed by atoms with Gasteiger partial charge in [-0.05, 0) is 31.2 Å². The molecule has 2 aromatic rings. The van der Waals surface area contributed by atoms with E-state index in [0.29, 0.717) is 6.07 Å². The minimum absolute atomic E-state index is 0.00334. The number of rotatable bonds is 3. The predicted octanol–water partition coefficient (Wildman–Crippen LogP) is 3.76. The number of aryl methyl sites for hydroxylation is 1. The Bertz CT molecular complexity index is 639. The summed E-state index contributed by atoms with van der Waals surface area (Å²) in [6.45, 7) is 1.73. The summed E-state index contributed by atoms with van der Waals surface area (Å²) in [4.78, 5) is 11.1. The van der Waals surface area contributed by atoms with Gasteiger partial charge in [-0.1, -0.05) is 11.6 Å². The molecule has 0 bridgehead atoms. The minimum atomic E-state index is -1.18. The van der Waals surface area contributed by atoms with Crippen molar-refractivity contribution in [2.45, 2.75) is 6.92 Å². The van der Waals surface area contributed by atoms with Gasteiger partial charge in [0.05, 0.1) is 0 Å². The molecule has 0 atom stereocenters. The Morgan fingerprint density at radius 3 is 2.42 bits per heavy atom. The number of carbonyl (C=O) groups is 1. The second-order valence-corrected chi connectivity index (χ2v) is 3.98. The topological polar surface area (TPSA) is 46.5 Å². The molecule has 0 radical (unpaired) electrons. The quantitative estimate of drug-likeness (QED) is 0.918. The van der Waals surface area contributed by atoms with Gasteiger partial charge in [0.2, 0.25) is 0 Å². The van der Waals surface area contributed by atoms with Crippen LogP contribution in [-0.4, -0.2) is 11.1 Å². The lowest BCUT2D eigenvalue weighted by Gasteiger charge is -2.10. The van der Waals surface area contributed by atoms with Crippen LogP contribution in [0.3, 0.4) is 0 Å². The average Bonchev–Trinajstić information content (AvgIpc) is 2.34. The molecule has 0 spiro atoms. The highest BCUT2D eigenvalue weighted by atomic mass is 19.1. The first-order chi connectivity index (χ1) is 8.97. The van der Waals surface area contributed by atoms with Crippen LogP contribution >= 0.6 is 0 Å². The zero-order valence-corrected chi connectivity index (χ0v) is 9.98. The van der Waals surface area contributed by atoms with Crippen LogP contribution in [-0.2, 0) is 0 Å². The van der Waals surface area contributed by atoms with Crippen LogP contribution in [0.5, 0.6) is 11.5 Å². The summed E-state index contributed by atoms with van der Waals surface area (Å²) in [7, 11) is 0. The SMILES string of the molecule is Cc1ccc(Oc2ccc(F)cc2F)c(C(=O)O)c1. The molecule has 0 aliphatic carbocycles. The van der Waals surface area contributed by atoms with E-state index in [1.54, 1.807) is 13.0 Å². The molecule has 0 heterocycles. The van der Waals surface area contributed by atoms with Crippen molar-refractivity contribution in [1.29, 1.82) is 0 Å². The van der Waals surface area contributed by atoms with Gasteiger partial charge in [-0.2, -0.15) is 0 Å². The number of benzene rings is 2. The van der Waals surface area contributed by atoms with Gasteiger partial charge < -0.3 is 9.84 Å². The van der Waals surface area contributed by atoms with E-state index in [1.165, 1.54) is 12.1 Å². The minimum Gasteiger partial charge on any atom is -0.478 e. The Balaban J connectivity index is 2.40. The van der Waals surface area contributed by atoms with E-state index in [1.807, 2.05) is 0 Å². The van der Waals surface area contributed by atoms with Crippen molar-refractivity contribution in [3.05, 3.63) is 59.2 Å². The first-order valence-corrected chi connectivity index (χ1v) is 5.44. The smallest absolute Gasteiger partial charge is 0.339 e. The molecule has 0 unspecified atom stereocenters. The molecule has 0 saturated heterocycles. The summed E-state index contributed by atoms with van der Waals surface area (Å²) in [6, 6.07) is 7.30. The van der Waals surface area contributed by atoms with Gasteiger partial charge in [-0.25, -0.2) is 13.6 Å². The molecule has 0 aliphatic heterocycles. The zero-order chi connectivity index (χ0) is 14.0. The van der Waals surface area contributed by atoms with Crippen LogP contribution in [0, 0.1) is 18.6 Å². The van der Waals surface area contributed by atoms with E-state index in [9.17, 15) is 13.6 Å². The Labute approximate surface area is 108 Å². The molecule has 5 heteroatoms. The summed E-state index contributed by atoms with van der Waals surface area (Å²) in [6.07, 6.45) is 0. The highest BCUT2D eigenvalue weighted by molar-refractivity contribution is 5.91. The van der Waals surface area contributed by atoms with Crippen molar-refractivity contribution in [2.75, 3.05) is 0 Å². The first-order valence-electron chi connectivity index (χ1n) is 5.44. The standard InChI is InChI=1S/C14H10F2O3/c1-8-2-4-12(10(6-8)14(17)18)19-13-5-3-9(15)7-11(13)16/h2-7H,1H3,(H,17,18). The largest absolute Gasteiger partial charge is 0.478 e. The van der Waals surface area contributed by atoms with E-state index in [-0.39, 0.29) is 17.1 Å². The van der Waals surface area contributed by atoms with Crippen molar-refractivity contribution in [2.24, 2.45) is 0 Å². The Morgan fingerprint density at radius 1 is 1.11 bits per heavy atom. The number of carboxylic acids is 1. The number of aromatic carboxylic acids is 1. The maximum Gasteiger partial charge on any atom is 0.339 e. The molecule has 2 aromatic carbocycles. The summed E-state index contributed by atoms with van der Waals surface area (Å²) in [5.41, 5.74) is 0.660. The van der Waals surface area contributed by atoms with Crippen LogP contribution in [0.25, 0.3) is 0 Å². The molecule has 1 N–H and O–H groups in total. The first kappa shape index (κ1) is 13.0. The average molecular weight is 264 g/mol. The van der Waals surface area contributed by atoms with Gasteiger partial charge in [0, 0.05) is 6.07 Å². The van der Waals surface area contributed by atoms with Gasteiger partial charge >= 0.3 is 5.97 Å². The lowest BCUT2D eigenvalue weighted by Crippen LogP contribution is -2.01. The van der Waals surface area contributed by atoms with E-state index in [2.05, 4.69) is 0 Å². The Morgan fingerprint density at radius 2 is 1.79 bits per heavy atom.